The Morgan fingerprint density at radius 3 is 2.72 bits per heavy atom. The van der Waals surface area contributed by atoms with Crippen molar-refractivity contribution < 1.29 is 31.9 Å². The molecule has 2 rings (SSSR count). The number of ether oxygens (including phenoxy) is 1. The first kappa shape index (κ1) is 18.3. The number of carbonyl (C=O) groups is 2. The standard InChI is InChI=1S/C15H14F3N3O4/c16-15(17,18)9-25-14-10(2-1-4-19-14)6-20-12(22)7-21-13(23)11-3-5-24-8-11/h1-5,8H,6-7,9H2,(H,20,22)(H,21,23). The molecule has 0 aromatic carbocycles. The number of aromatic nitrogens is 1. The Morgan fingerprint density at radius 1 is 1.24 bits per heavy atom. The molecular formula is C15H14F3N3O4. The van der Waals surface area contributed by atoms with Gasteiger partial charge in [-0.25, -0.2) is 4.98 Å². The number of pyridine rings is 1. The molecule has 0 fully saturated rings. The SMILES string of the molecule is O=C(CNC(=O)c1ccoc1)NCc1cccnc1OCC(F)(F)F. The smallest absolute Gasteiger partial charge is 0.422 e. The van der Waals surface area contributed by atoms with Gasteiger partial charge in [-0.2, -0.15) is 13.2 Å². The van der Waals surface area contributed by atoms with Crippen LogP contribution in [-0.4, -0.2) is 36.1 Å². The number of rotatable bonds is 7. The van der Waals surface area contributed by atoms with Crippen LogP contribution in [0.5, 0.6) is 5.88 Å². The quantitative estimate of drug-likeness (QED) is 0.786. The van der Waals surface area contributed by atoms with Gasteiger partial charge in [0.05, 0.1) is 18.4 Å². The molecule has 2 amide bonds. The highest BCUT2D eigenvalue weighted by Gasteiger charge is 2.29. The molecule has 0 aliphatic carbocycles. The van der Waals surface area contributed by atoms with Gasteiger partial charge in [0.25, 0.3) is 5.91 Å². The third-order valence-corrected chi connectivity index (χ3v) is 2.89. The molecule has 25 heavy (non-hydrogen) atoms. The second-order valence-electron chi connectivity index (χ2n) is 4.84. The lowest BCUT2D eigenvalue weighted by molar-refractivity contribution is -0.154. The predicted molar refractivity (Wildman–Crippen MR) is 78.7 cm³/mol. The third-order valence-electron chi connectivity index (χ3n) is 2.89. The van der Waals surface area contributed by atoms with E-state index in [0.717, 1.165) is 0 Å². The number of amides is 2. The first-order valence-corrected chi connectivity index (χ1v) is 7.05. The first-order valence-electron chi connectivity index (χ1n) is 7.05. The largest absolute Gasteiger partial charge is 0.472 e. The van der Waals surface area contributed by atoms with Crippen molar-refractivity contribution in [2.45, 2.75) is 12.7 Å². The average Bonchev–Trinajstić information content (AvgIpc) is 3.10. The number of hydrogen-bond donors (Lipinski definition) is 2. The first-order chi connectivity index (χ1) is 11.8. The summed E-state index contributed by atoms with van der Waals surface area (Å²) in [6.45, 7) is -1.88. The van der Waals surface area contributed by atoms with Gasteiger partial charge in [0.2, 0.25) is 11.8 Å². The second kappa shape index (κ2) is 8.18. The maximum atomic E-state index is 12.2. The summed E-state index contributed by atoms with van der Waals surface area (Å²) in [6, 6.07) is 4.42. The number of furan rings is 1. The van der Waals surface area contributed by atoms with E-state index in [1.54, 1.807) is 0 Å². The van der Waals surface area contributed by atoms with Crippen LogP contribution < -0.4 is 15.4 Å². The van der Waals surface area contributed by atoms with E-state index in [1.165, 1.54) is 36.9 Å². The lowest BCUT2D eigenvalue weighted by Crippen LogP contribution is -2.36. The van der Waals surface area contributed by atoms with Gasteiger partial charge in [-0.1, -0.05) is 6.07 Å². The molecule has 2 aromatic heterocycles. The minimum absolute atomic E-state index is 0.0958. The van der Waals surface area contributed by atoms with Gasteiger partial charge in [0.1, 0.15) is 6.26 Å². The molecule has 0 aliphatic heterocycles. The molecule has 0 radical (unpaired) electrons. The Hall–Kier alpha value is -3.04. The highest BCUT2D eigenvalue weighted by atomic mass is 19.4. The maximum Gasteiger partial charge on any atom is 0.422 e. The molecule has 7 nitrogen and oxygen atoms in total. The molecule has 0 atom stereocenters. The third kappa shape index (κ3) is 6.16. The van der Waals surface area contributed by atoms with Crippen LogP contribution in [-0.2, 0) is 11.3 Å². The van der Waals surface area contributed by atoms with Gasteiger partial charge in [-0.3, -0.25) is 9.59 Å². The summed E-state index contributed by atoms with van der Waals surface area (Å²) in [7, 11) is 0. The van der Waals surface area contributed by atoms with E-state index in [1.807, 2.05) is 0 Å². The van der Waals surface area contributed by atoms with Gasteiger partial charge >= 0.3 is 6.18 Å². The van der Waals surface area contributed by atoms with E-state index >= 15 is 0 Å². The van der Waals surface area contributed by atoms with Crippen LogP contribution in [0, 0.1) is 0 Å². The number of nitrogens with one attached hydrogen (secondary N) is 2. The second-order valence-corrected chi connectivity index (χ2v) is 4.84. The zero-order chi connectivity index (χ0) is 18.3. The summed E-state index contributed by atoms with van der Waals surface area (Å²) in [5.41, 5.74) is 0.546. The van der Waals surface area contributed by atoms with Crippen molar-refractivity contribution in [2.24, 2.45) is 0 Å². The van der Waals surface area contributed by atoms with Gasteiger partial charge in [0, 0.05) is 18.3 Å². The zero-order valence-corrected chi connectivity index (χ0v) is 12.8. The van der Waals surface area contributed by atoms with Crippen molar-refractivity contribution in [3.05, 3.63) is 48.0 Å². The van der Waals surface area contributed by atoms with E-state index in [4.69, 9.17) is 4.42 Å². The van der Waals surface area contributed by atoms with Crippen LogP contribution in [0.25, 0.3) is 0 Å². The molecular weight excluding hydrogens is 343 g/mol. The molecule has 0 spiro atoms. The van der Waals surface area contributed by atoms with E-state index in [0.29, 0.717) is 0 Å². The van der Waals surface area contributed by atoms with Gasteiger partial charge in [-0.05, 0) is 12.1 Å². The van der Waals surface area contributed by atoms with Crippen molar-refractivity contribution in [2.75, 3.05) is 13.2 Å². The molecule has 0 bridgehead atoms. The van der Waals surface area contributed by atoms with Crippen LogP contribution >= 0.6 is 0 Å². The normalized spacial score (nSPS) is 11.0. The summed E-state index contributed by atoms with van der Waals surface area (Å²) >= 11 is 0. The lowest BCUT2D eigenvalue weighted by Gasteiger charge is -2.12. The predicted octanol–water partition coefficient (Wildman–Crippen LogP) is 1.66. The van der Waals surface area contributed by atoms with Gasteiger partial charge in [-0.15, -0.1) is 0 Å². The van der Waals surface area contributed by atoms with Gasteiger partial charge < -0.3 is 19.8 Å². The highest BCUT2D eigenvalue weighted by Crippen LogP contribution is 2.19. The number of halogens is 3. The van der Waals surface area contributed by atoms with Crippen molar-refractivity contribution in [1.29, 1.82) is 0 Å². The number of hydrogen-bond acceptors (Lipinski definition) is 5. The minimum atomic E-state index is -4.49. The zero-order valence-electron chi connectivity index (χ0n) is 12.8. The Balaban J connectivity index is 1.82. The molecule has 0 unspecified atom stereocenters. The average molecular weight is 357 g/mol. The van der Waals surface area contributed by atoms with Gasteiger partial charge in [0.15, 0.2) is 6.61 Å². The maximum absolute atomic E-state index is 12.2. The van der Waals surface area contributed by atoms with E-state index < -0.39 is 24.6 Å². The van der Waals surface area contributed by atoms with Crippen molar-refractivity contribution in [3.8, 4) is 5.88 Å². The number of nitrogens with zero attached hydrogens (tertiary/aromatic N) is 1. The Morgan fingerprint density at radius 2 is 2.04 bits per heavy atom. The molecule has 2 heterocycles. The molecule has 10 heteroatoms. The van der Waals surface area contributed by atoms with Crippen LogP contribution in [0.2, 0.25) is 0 Å². The number of alkyl halides is 3. The fourth-order valence-electron chi connectivity index (χ4n) is 1.75. The Labute approximate surface area is 140 Å². The molecule has 0 saturated carbocycles. The molecule has 0 saturated heterocycles. The molecule has 2 N–H and O–H groups in total. The van der Waals surface area contributed by atoms with Crippen LogP contribution in [0.15, 0.2) is 41.3 Å². The van der Waals surface area contributed by atoms with Crippen molar-refractivity contribution >= 4 is 11.8 Å². The van der Waals surface area contributed by atoms with E-state index in [-0.39, 0.29) is 30.1 Å². The lowest BCUT2D eigenvalue weighted by atomic mass is 10.2. The van der Waals surface area contributed by atoms with Crippen molar-refractivity contribution in [3.63, 3.8) is 0 Å². The van der Waals surface area contributed by atoms with Crippen LogP contribution in [0.3, 0.4) is 0 Å². The summed E-state index contributed by atoms with van der Waals surface area (Å²) in [5, 5.41) is 4.83. The molecule has 0 aliphatic rings. The molecule has 2 aromatic rings. The molecule has 134 valence electrons. The van der Waals surface area contributed by atoms with Crippen molar-refractivity contribution in [1.82, 2.24) is 15.6 Å². The summed E-state index contributed by atoms with van der Waals surface area (Å²) in [5.74, 6) is -1.23. The number of carbonyl (C=O) groups excluding carboxylic acids is 2. The fraction of sp³-hybridized carbons (Fsp3) is 0.267. The topological polar surface area (TPSA) is 93.5 Å². The minimum Gasteiger partial charge on any atom is -0.472 e. The van der Waals surface area contributed by atoms with E-state index in [2.05, 4.69) is 20.4 Å². The highest BCUT2D eigenvalue weighted by molar-refractivity contribution is 5.96. The van der Waals surface area contributed by atoms with Crippen LogP contribution in [0.4, 0.5) is 13.2 Å². The summed E-state index contributed by atoms with van der Waals surface area (Å²) < 4.78 is 46.0. The summed E-state index contributed by atoms with van der Waals surface area (Å²) in [6.07, 6.45) is -0.662. The fourth-order valence-corrected chi connectivity index (χ4v) is 1.75. The van der Waals surface area contributed by atoms with E-state index in [9.17, 15) is 22.8 Å². The monoisotopic (exact) mass is 357 g/mol. The van der Waals surface area contributed by atoms with Crippen LogP contribution in [0.1, 0.15) is 15.9 Å². The summed E-state index contributed by atoms with van der Waals surface area (Å²) in [4.78, 5) is 27.1. The Bertz CT molecular complexity index is 717. The Kier molecular flexibility index (Phi) is 5.98.